The first-order chi connectivity index (χ1) is 10.1. The fourth-order valence-electron chi connectivity index (χ4n) is 1.92. The van der Waals surface area contributed by atoms with Crippen molar-refractivity contribution in [2.45, 2.75) is 26.8 Å². The van der Waals surface area contributed by atoms with E-state index in [-0.39, 0.29) is 6.61 Å². The fraction of sp³-hybridized carbons (Fsp3) is 0.625. The minimum absolute atomic E-state index is 0.0990. The molecule has 0 saturated carbocycles. The number of aliphatic hydroxyl groups excluding tert-OH is 1. The van der Waals surface area contributed by atoms with E-state index in [9.17, 15) is 0 Å². The molecule has 0 heterocycles. The van der Waals surface area contributed by atoms with E-state index in [1.807, 2.05) is 12.1 Å². The Morgan fingerprint density at radius 1 is 1.14 bits per heavy atom. The van der Waals surface area contributed by atoms with Crippen LogP contribution in [0.15, 0.2) is 12.1 Å². The number of ether oxygens (including phenoxy) is 3. The molecule has 5 nitrogen and oxygen atoms in total. The monoisotopic (exact) mass is 297 g/mol. The topological polar surface area (TPSA) is 60.0 Å². The molecular formula is C16H27NO4. The predicted molar refractivity (Wildman–Crippen MR) is 83.3 cm³/mol. The minimum atomic E-state index is 0.0990. The SMILES string of the molecule is COc1cc(CNCC(C)C)cc(OC)c1OCCCO. The van der Waals surface area contributed by atoms with Gasteiger partial charge in [0.1, 0.15) is 0 Å². The number of nitrogens with one attached hydrogen (secondary N) is 1. The molecule has 0 radical (unpaired) electrons. The van der Waals surface area contributed by atoms with E-state index in [1.165, 1.54) is 0 Å². The van der Waals surface area contributed by atoms with E-state index in [1.54, 1.807) is 14.2 Å². The summed E-state index contributed by atoms with van der Waals surface area (Å²) >= 11 is 0. The standard InChI is InChI=1S/C16H27NO4/c1-12(2)10-17-11-13-8-14(19-3)16(15(9-13)20-4)21-7-5-6-18/h8-9,12,17-18H,5-7,10-11H2,1-4H3. The zero-order valence-corrected chi connectivity index (χ0v) is 13.4. The molecule has 1 aromatic rings. The van der Waals surface area contributed by atoms with E-state index >= 15 is 0 Å². The van der Waals surface area contributed by atoms with Gasteiger partial charge >= 0.3 is 0 Å². The molecule has 0 bridgehead atoms. The average Bonchev–Trinajstić information content (AvgIpc) is 2.47. The molecule has 5 heteroatoms. The van der Waals surface area contributed by atoms with Gasteiger partial charge in [0, 0.05) is 19.6 Å². The van der Waals surface area contributed by atoms with Gasteiger partial charge in [-0.2, -0.15) is 0 Å². The maximum atomic E-state index is 8.83. The Balaban J connectivity index is 2.84. The van der Waals surface area contributed by atoms with Gasteiger partial charge in [0.2, 0.25) is 5.75 Å². The lowest BCUT2D eigenvalue weighted by Gasteiger charge is -2.16. The van der Waals surface area contributed by atoms with E-state index in [0.29, 0.717) is 36.2 Å². The van der Waals surface area contributed by atoms with Gasteiger partial charge in [-0.25, -0.2) is 0 Å². The van der Waals surface area contributed by atoms with Gasteiger partial charge in [0.05, 0.1) is 20.8 Å². The van der Waals surface area contributed by atoms with Gasteiger partial charge in [-0.15, -0.1) is 0 Å². The molecule has 0 saturated heterocycles. The molecule has 0 aliphatic carbocycles. The Morgan fingerprint density at radius 2 is 1.76 bits per heavy atom. The molecule has 0 aromatic heterocycles. The Morgan fingerprint density at radius 3 is 2.24 bits per heavy atom. The highest BCUT2D eigenvalue weighted by Crippen LogP contribution is 2.38. The van der Waals surface area contributed by atoms with E-state index in [0.717, 1.165) is 18.7 Å². The summed E-state index contributed by atoms with van der Waals surface area (Å²) in [6.45, 7) is 6.58. The highest BCUT2D eigenvalue weighted by atomic mass is 16.5. The molecule has 0 aliphatic rings. The van der Waals surface area contributed by atoms with Crippen LogP contribution < -0.4 is 19.5 Å². The molecule has 0 aliphatic heterocycles. The average molecular weight is 297 g/mol. The summed E-state index contributed by atoms with van der Waals surface area (Å²) in [4.78, 5) is 0. The van der Waals surface area contributed by atoms with Crippen LogP contribution in [0, 0.1) is 5.92 Å². The highest BCUT2D eigenvalue weighted by Gasteiger charge is 2.14. The summed E-state index contributed by atoms with van der Waals surface area (Å²) in [6.07, 6.45) is 0.573. The molecule has 0 spiro atoms. The van der Waals surface area contributed by atoms with Crippen LogP contribution in [0.5, 0.6) is 17.2 Å². The van der Waals surface area contributed by atoms with Crippen LogP contribution in [0.2, 0.25) is 0 Å². The first-order valence-electron chi connectivity index (χ1n) is 7.31. The molecule has 1 rings (SSSR count). The van der Waals surface area contributed by atoms with Crippen molar-refractivity contribution >= 4 is 0 Å². The minimum Gasteiger partial charge on any atom is -0.493 e. The van der Waals surface area contributed by atoms with Gasteiger partial charge in [-0.1, -0.05) is 13.8 Å². The summed E-state index contributed by atoms with van der Waals surface area (Å²) in [6, 6.07) is 3.90. The van der Waals surface area contributed by atoms with Crippen molar-refractivity contribution in [3.63, 3.8) is 0 Å². The number of rotatable bonds is 10. The highest BCUT2D eigenvalue weighted by molar-refractivity contribution is 5.53. The number of methoxy groups -OCH3 is 2. The van der Waals surface area contributed by atoms with E-state index in [4.69, 9.17) is 19.3 Å². The Bertz CT molecular complexity index is 396. The van der Waals surface area contributed by atoms with Gasteiger partial charge in [0.15, 0.2) is 11.5 Å². The fourth-order valence-corrected chi connectivity index (χ4v) is 1.92. The molecule has 0 atom stereocenters. The zero-order valence-electron chi connectivity index (χ0n) is 13.4. The lowest BCUT2D eigenvalue weighted by Crippen LogP contribution is -2.19. The number of hydrogen-bond acceptors (Lipinski definition) is 5. The molecule has 21 heavy (non-hydrogen) atoms. The van der Waals surface area contributed by atoms with Crippen LogP contribution in [0.25, 0.3) is 0 Å². The quantitative estimate of drug-likeness (QED) is 0.648. The number of aliphatic hydroxyl groups is 1. The normalized spacial score (nSPS) is 10.8. The molecule has 0 amide bonds. The molecule has 2 N–H and O–H groups in total. The van der Waals surface area contributed by atoms with Gasteiger partial charge < -0.3 is 24.6 Å². The van der Waals surface area contributed by atoms with Crippen LogP contribution in [0.3, 0.4) is 0 Å². The maximum absolute atomic E-state index is 8.83. The first-order valence-corrected chi connectivity index (χ1v) is 7.31. The Labute approximate surface area is 127 Å². The van der Waals surface area contributed by atoms with Crippen molar-refractivity contribution in [3.05, 3.63) is 17.7 Å². The van der Waals surface area contributed by atoms with Crippen LogP contribution in [0.1, 0.15) is 25.8 Å². The Hall–Kier alpha value is -1.46. The van der Waals surface area contributed by atoms with Crippen molar-refractivity contribution < 1.29 is 19.3 Å². The number of hydrogen-bond donors (Lipinski definition) is 2. The second-order valence-electron chi connectivity index (χ2n) is 5.28. The van der Waals surface area contributed by atoms with Crippen LogP contribution in [0.4, 0.5) is 0 Å². The largest absolute Gasteiger partial charge is 0.493 e. The van der Waals surface area contributed by atoms with Gasteiger partial charge in [-0.3, -0.25) is 0 Å². The summed E-state index contributed by atoms with van der Waals surface area (Å²) in [5.41, 5.74) is 1.08. The van der Waals surface area contributed by atoms with Crippen molar-refractivity contribution in [3.8, 4) is 17.2 Å². The van der Waals surface area contributed by atoms with Crippen molar-refractivity contribution in [1.29, 1.82) is 0 Å². The van der Waals surface area contributed by atoms with E-state index in [2.05, 4.69) is 19.2 Å². The summed E-state index contributed by atoms with van der Waals surface area (Å²) < 4.78 is 16.4. The third kappa shape index (κ3) is 5.81. The van der Waals surface area contributed by atoms with Gasteiger partial charge in [0.25, 0.3) is 0 Å². The summed E-state index contributed by atoms with van der Waals surface area (Å²) in [5.74, 6) is 2.48. The second kappa shape index (κ2) is 9.47. The smallest absolute Gasteiger partial charge is 0.203 e. The summed E-state index contributed by atoms with van der Waals surface area (Å²) in [7, 11) is 3.22. The van der Waals surface area contributed by atoms with Crippen LogP contribution >= 0.6 is 0 Å². The summed E-state index contributed by atoms with van der Waals surface area (Å²) in [5, 5.41) is 12.2. The molecular weight excluding hydrogens is 270 g/mol. The van der Waals surface area contributed by atoms with Crippen molar-refractivity contribution in [2.75, 3.05) is 34.0 Å². The Kier molecular flexibility index (Phi) is 7.93. The maximum Gasteiger partial charge on any atom is 0.203 e. The molecule has 120 valence electrons. The van der Waals surface area contributed by atoms with Crippen molar-refractivity contribution in [1.82, 2.24) is 5.32 Å². The molecule has 0 unspecified atom stereocenters. The first kappa shape index (κ1) is 17.6. The lowest BCUT2D eigenvalue weighted by molar-refractivity contribution is 0.221. The van der Waals surface area contributed by atoms with E-state index < -0.39 is 0 Å². The number of benzene rings is 1. The van der Waals surface area contributed by atoms with Crippen LogP contribution in [-0.4, -0.2) is 39.1 Å². The third-order valence-electron chi connectivity index (χ3n) is 2.95. The van der Waals surface area contributed by atoms with Crippen LogP contribution in [-0.2, 0) is 6.54 Å². The zero-order chi connectivity index (χ0) is 15.7. The lowest BCUT2D eigenvalue weighted by atomic mass is 10.1. The third-order valence-corrected chi connectivity index (χ3v) is 2.95. The molecule has 0 fully saturated rings. The van der Waals surface area contributed by atoms with Crippen molar-refractivity contribution in [2.24, 2.45) is 5.92 Å². The second-order valence-corrected chi connectivity index (χ2v) is 5.28. The van der Waals surface area contributed by atoms with Gasteiger partial charge in [-0.05, 0) is 30.2 Å². The predicted octanol–water partition coefficient (Wildman–Crippen LogP) is 2.21. The molecule has 1 aromatic carbocycles.